The van der Waals surface area contributed by atoms with Gasteiger partial charge in [0.1, 0.15) is 5.52 Å². The number of nitrogens with zero attached hydrogens (tertiary/aromatic N) is 2. The molecule has 0 atom stereocenters. The van der Waals surface area contributed by atoms with Crippen LogP contribution in [0.1, 0.15) is 0 Å². The van der Waals surface area contributed by atoms with Crippen LogP contribution in [0.15, 0.2) is 174 Å². The normalized spacial score (nSPS) is 11.5. The monoisotopic (exact) mass is 588 g/mol. The number of oxazole rings is 1. The molecule has 9 aromatic rings. The summed E-state index contributed by atoms with van der Waals surface area (Å²) >= 11 is 0. The van der Waals surface area contributed by atoms with E-state index in [4.69, 9.17) is 9.40 Å². The fraction of sp³-hybridized carbons (Fsp3) is 0. The van der Waals surface area contributed by atoms with E-state index < -0.39 is 0 Å². The summed E-state index contributed by atoms with van der Waals surface area (Å²) in [5.41, 5.74) is 8.29. The van der Waals surface area contributed by atoms with Crippen molar-refractivity contribution < 1.29 is 4.42 Å². The Morgan fingerprint density at radius 2 is 0.978 bits per heavy atom. The molecule has 0 aliphatic carbocycles. The Hall–Kier alpha value is -6.19. The minimum absolute atomic E-state index is 0.621. The number of anilines is 3. The lowest BCUT2D eigenvalue weighted by atomic mass is 9.93. The van der Waals surface area contributed by atoms with E-state index in [-0.39, 0.29) is 0 Å². The molecule has 0 bridgehead atoms. The highest BCUT2D eigenvalue weighted by molar-refractivity contribution is 6.13. The fourth-order valence-corrected chi connectivity index (χ4v) is 6.65. The maximum Gasteiger partial charge on any atom is 0.227 e. The molecular weight excluding hydrogens is 560 g/mol. The van der Waals surface area contributed by atoms with Crippen molar-refractivity contribution in [3.05, 3.63) is 170 Å². The van der Waals surface area contributed by atoms with Gasteiger partial charge in [-0.05, 0) is 98.7 Å². The first-order valence-corrected chi connectivity index (χ1v) is 15.5. The van der Waals surface area contributed by atoms with Crippen molar-refractivity contribution in [1.29, 1.82) is 0 Å². The lowest BCUT2D eigenvalue weighted by molar-refractivity contribution is 0.620. The highest BCUT2D eigenvalue weighted by Gasteiger charge is 2.16. The van der Waals surface area contributed by atoms with Gasteiger partial charge in [0.05, 0.1) is 0 Å². The third-order valence-electron chi connectivity index (χ3n) is 8.87. The second-order valence-electron chi connectivity index (χ2n) is 11.6. The van der Waals surface area contributed by atoms with Crippen LogP contribution in [0, 0.1) is 0 Å². The van der Waals surface area contributed by atoms with E-state index >= 15 is 0 Å². The van der Waals surface area contributed by atoms with Crippen LogP contribution in [-0.4, -0.2) is 4.98 Å². The third-order valence-corrected chi connectivity index (χ3v) is 8.87. The third kappa shape index (κ3) is 4.41. The maximum atomic E-state index is 6.22. The first-order valence-electron chi connectivity index (χ1n) is 15.5. The topological polar surface area (TPSA) is 29.3 Å². The number of hydrogen-bond acceptors (Lipinski definition) is 3. The molecule has 1 aromatic heterocycles. The highest BCUT2D eigenvalue weighted by Crippen LogP contribution is 2.39. The Kier molecular flexibility index (Phi) is 6.14. The number of hydrogen-bond donors (Lipinski definition) is 0. The second kappa shape index (κ2) is 10.8. The van der Waals surface area contributed by atoms with Crippen LogP contribution in [0.3, 0.4) is 0 Å². The largest absolute Gasteiger partial charge is 0.436 e. The number of aromatic nitrogens is 1. The second-order valence-corrected chi connectivity index (χ2v) is 11.6. The summed E-state index contributed by atoms with van der Waals surface area (Å²) in [5, 5.41) is 7.32. The predicted molar refractivity (Wildman–Crippen MR) is 192 cm³/mol. The highest BCUT2D eigenvalue weighted by atomic mass is 16.3. The number of benzene rings is 8. The molecule has 0 unspecified atom stereocenters. The van der Waals surface area contributed by atoms with E-state index in [9.17, 15) is 0 Å². The Balaban J connectivity index is 1.10. The van der Waals surface area contributed by atoms with Crippen LogP contribution in [0.5, 0.6) is 0 Å². The van der Waals surface area contributed by atoms with Crippen LogP contribution >= 0.6 is 0 Å². The maximum absolute atomic E-state index is 6.22. The SMILES string of the molecule is c1ccc(N(c2ccc(-c3nc4c(ccc5ccccc54)o3)cc2)c2ccc(-c3cc4ccccc4c4ccccc34)cc2)cc1. The summed E-state index contributed by atoms with van der Waals surface area (Å²) in [6.45, 7) is 0. The lowest BCUT2D eigenvalue weighted by Crippen LogP contribution is -2.09. The molecule has 9 rings (SSSR count). The van der Waals surface area contributed by atoms with Gasteiger partial charge in [0.2, 0.25) is 5.89 Å². The van der Waals surface area contributed by atoms with Gasteiger partial charge >= 0.3 is 0 Å². The van der Waals surface area contributed by atoms with Gasteiger partial charge in [0.25, 0.3) is 0 Å². The van der Waals surface area contributed by atoms with Crippen molar-refractivity contribution in [3.63, 3.8) is 0 Å². The van der Waals surface area contributed by atoms with Gasteiger partial charge in [0.15, 0.2) is 5.58 Å². The molecule has 0 aliphatic rings. The van der Waals surface area contributed by atoms with E-state index in [1.807, 2.05) is 18.2 Å². The molecule has 0 aliphatic heterocycles. The minimum Gasteiger partial charge on any atom is -0.436 e. The Bertz CT molecular complexity index is 2510. The molecule has 0 fully saturated rings. The average Bonchev–Trinajstić information content (AvgIpc) is 3.58. The van der Waals surface area contributed by atoms with Crippen LogP contribution < -0.4 is 4.90 Å². The standard InChI is InChI=1S/C43H28N2O/c1-2-12-33(13-3-1)45(35-25-20-31(21-26-35)43-44-42-37-15-7-4-10-29(37)22-27-41(42)46-43)34-23-18-30(19-24-34)40-28-32-11-5-6-14-36(32)38-16-8-9-17-39(38)40/h1-28H. The van der Waals surface area contributed by atoms with Crippen LogP contribution in [0.4, 0.5) is 17.1 Å². The van der Waals surface area contributed by atoms with E-state index in [0.717, 1.165) is 44.5 Å². The molecule has 216 valence electrons. The first-order chi connectivity index (χ1) is 22.8. The summed E-state index contributed by atoms with van der Waals surface area (Å²) in [6.07, 6.45) is 0. The Morgan fingerprint density at radius 3 is 1.72 bits per heavy atom. The summed E-state index contributed by atoms with van der Waals surface area (Å²) in [5.74, 6) is 0.621. The molecule has 8 aromatic carbocycles. The minimum atomic E-state index is 0.621. The molecule has 3 heteroatoms. The van der Waals surface area contributed by atoms with Crippen molar-refractivity contribution >= 4 is 60.5 Å². The lowest BCUT2D eigenvalue weighted by Gasteiger charge is -2.26. The summed E-state index contributed by atoms with van der Waals surface area (Å²) < 4.78 is 6.22. The Labute approximate surface area is 266 Å². The van der Waals surface area contributed by atoms with Crippen LogP contribution in [0.25, 0.3) is 66.0 Å². The summed E-state index contributed by atoms with van der Waals surface area (Å²) in [4.78, 5) is 7.18. The van der Waals surface area contributed by atoms with E-state index in [1.165, 1.54) is 32.7 Å². The molecule has 0 radical (unpaired) electrons. The van der Waals surface area contributed by atoms with Crippen molar-refractivity contribution in [3.8, 4) is 22.6 Å². The van der Waals surface area contributed by atoms with Gasteiger partial charge in [-0.15, -0.1) is 0 Å². The Morgan fingerprint density at radius 1 is 0.413 bits per heavy atom. The molecule has 46 heavy (non-hydrogen) atoms. The number of para-hydroxylation sites is 1. The van der Waals surface area contributed by atoms with E-state index in [1.54, 1.807) is 0 Å². The zero-order valence-electron chi connectivity index (χ0n) is 25.0. The predicted octanol–water partition coefficient (Wildman–Crippen LogP) is 12.1. The quantitative estimate of drug-likeness (QED) is 0.187. The van der Waals surface area contributed by atoms with Crippen molar-refractivity contribution in [1.82, 2.24) is 4.98 Å². The zero-order valence-corrected chi connectivity index (χ0v) is 25.0. The van der Waals surface area contributed by atoms with Gasteiger partial charge in [0, 0.05) is 28.0 Å². The molecule has 0 N–H and O–H groups in total. The van der Waals surface area contributed by atoms with Crippen LogP contribution in [0.2, 0.25) is 0 Å². The average molecular weight is 589 g/mol. The molecular formula is C43H28N2O. The molecule has 0 saturated heterocycles. The van der Waals surface area contributed by atoms with Crippen molar-refractivity contribution in [2.24, 2.45) is 0 Å². The van der Waals surface area contributed by atoms with Gasteiger partial charge < -0.3 is 9.32 Å². The summed E-state index contributed by atoms with van der Waals surface area (Å²) in [6, 6.07) is 59.9. The van der Waals surface area contributed by atoms with Crippen LogP contribution in [-0.2, 0) is 0 Å². The van der Waals surface area contributed by atoms with Gasteiger partial charge in [-0.3, -0.25) is 0 Å². The molecule has 3 nitrogen and oxygen atoms in total. The number of fused-ring (bicyclic) bond motifs is 6. The summed E-state index contributed by atoms with van der Waals surface area (Å²) in [7, 11) is 0. The molecule has 0 amide bonds. The van der Waals surface area contributed by atoms with E-state index in [0.29, 0.717) is 5.89 Å². The first kappa shape index (κ1) is 26.2. The van der Waals surface area contributed by atoms with Crippen molar-refractivity contribution in [2.45, 2.75) is 0 Å². The fourth-order valence-electron chi connectivity index (χ4n) is 6.65. The molecule has 0 spiro atoms. The van der Waals surface area contributed by atoms with Gasteiger partial charge in [-0.2, -0.15) is 0 Å². The molecule has 0 saturated carbocycles. The van der Waals surface area contributed by atoms with Gasteiger partial charge in [-0.25, -0.2) is 4.98 Å². The van der Waals surface area contributed by atoms with E-state index in [2.05, 4.69) is 157 Å². The number of rotatable bonds is 5. The van der Waals surface area contributed by atoms with Crippen molar-refractivity contribution in [2.75, 3.05) is 4.90 Å². The smallest absolute Gasteiger partial charge is 0.227 e. The molecule has 1 heterocycles. The van der Waals surface area contributed by atoms with Gasteiger partial charge in [-0.1, -0.05) is 109 Å². The zero-order chi connectivity index (χ0) is 30.5.